The van der Waals surface area contributed by atoms with E-state index in [1.54, 1.807) is 43.5 Å². The number of hydrogen-bond acceptors (Lipinski definition) is 5. The van der Waals surface area contributed by atoms with Gasteiger partial charge in [-0.25, -0.2) is 4.79 Å². The van der Waals surface area contributed by atoms with Crippen molar-refractivity contribution >= 4 is 11.7 Å². The number of carbonyl (C=O) groups excluding carboxylic acids is 1. The molecule has 0 aromatic heterocycles. The van der Waals surface area contributed by atoms with Crippen molar-refractivity contribution in [1.82, 2.24) is 0 Å². The SMILES string of the molecule is COc1ccc(COC(=O)c2ccc(C(C)(C)C)c([N+](=O)[O-])c2)cc1. The smallest absolute Gasteiger partial charge is 0.338 e. The number of nitro groups is 1. The Kier molecular flexibility index (Phi) is 5.41. The van der Waals surface area contributed by atoms with Crippen molar-refractivity contribution in [3.8, 4) is 5.75 Å². The number of methoxy groups -OCH3 is 1. The van der Waals surface area contributed by atoms with Gasteiger partial charge in [0.1, 0.15) is 12.4 Å². The molecule has 0 heterocycles. The van der Waals surface area contributed by atoms with Crippen LogP contribution in [-0.2, 0) is 16.8 Å². The number of nitro benzene ring substituents is 1. The van der Waals surface area contributed by atoms with Gasteiger partial charge in [-0.2, -0.15) is 0 Å². The largest absolute Gasteiger partial charge is 0.497 e. The minimum atomic E-state index is -0.598. The van der Waals surface area contributed by atoms with E-state index in [0.717, 1.165) is 5.56 Å². The molecule has 0 aliphatic rings. The van der Waals surface area contributed by atoms with Gasteiger partial charge < -0.3 is 9.47 Å². The summed E-state index contributed by atoms with van der Waals surface area (Å²) in [7, 11) is 1.57. The first kappa shape index (κ1) is 18.4. The van der Waals surface area contributed by atoms with E-state index < -0.39 is 16.3 Å². The number of ether oxygens (including phenoxy) is 2. The van der Waals surface area contributed by atoms with E-state index in [1.807, 2.05) is 20.8 Å². The summed E-state index contributed by atoms with van der Waals surface area (Å²) < 4.78 is 10.3. The lowest BCUT2D eigenvalue weighted by atomic mass is 9.85. The molecule has 0 bridgehead atoms. The van der Waals surface area contributed by atoms with Crippen molar-refractivity contribution in [3.63, 3.8) is 0 Å². The van der Waals surface area contributed by atoms with Crippen LogP contribution in [0.5, 0.6) is 5.75 Å². The van der Waals surface area contributed by atoms with Gasteiger partial charge in [0, 0.05) is 11.6 Å². The molecule has 2 aromatic carbocycles. The van der Waals surface area contributed by atoms with Crippen LogP contribution in [0, 0.1) is 10.1 Å². The lowest BCUT2D eigenvalue weighted by Crippen LogP contribution is -2.15. The number of carbonyl (C=O) groups is 1. The molecule has 0 saturated heterocycles. The lowest BCUT2D eigenvalue weighted by molar-refractivity contribution is -0.386. The number of benzene rings is 2. The molecular weight excluding hydrogens is 322 g/mol. The van der Waals surface area contributed by atoms with Gasteiger partial charge in [0.15, 0.2) is 0 Å². The molecule has 0 aliphatic carbocycles. The lowest BCUT2D eigenvalue weighted by Gasteiger charge is -2.19. The van der Waals surface area contributed by atoms with Crippen LogP contribution in [0.2, 0.25) is 0 Å². The third-order valence-corrected chi connectivity index (χ3v) is 3.77. The Labute approximate surface area is 146 Å². The maximum Gasteiger partial charge on any atom is 0.338 e. The van der Waals surface area contributed by atoms with Gasteiger partial charge in [-0.3, -0.25) is 10.1 Å². The highest BCUT2D eigenvalue weighted by molar-refractivity contribution is 5.90. The van der Waals surface area contributed by atoms with Crippen LogP contribution >= 0.6 is 0 Å². The third kappa shape index (κ3) is 4.56. The molecule has 0 saturated carbocycles. The number of nitrogens with zero attached hydrogens (tertiary/aromatic N) is 1. The van der Waals surface area contributed by atoms with Gasteiger partial charge in [0.2, 0.25) is 0 Å². The van der Waals surface area contributed by atoms with Crippen LogP contribution in [0.1, 0.15) is 42.3 Å². The molecule has 0 atom stereocenters. The Morgan fingerprint density at radius 1 is 1.12 bits per heavy atom. The van der Waals surface area contributed by atoms with Gasteiger partial charge >= 0.3 is 5.97 Å². The first-order chi connectivity index (χ1) is 11.7. The summed E-state index contributed by atoms with van der Waals surface area (Å²) in [6.07, 6.45) is 0. The molecule has 0 amide bonds. The Morgan fingerprint density at radius 3 is 2.28 bits per heavy atom. The minimum Gasteiger partial charge on any atom is -0.497 e. The van der Waals surface area contributed by atoms with Crippen LogP contribution in [0.4, 0.5) is 5.69 Å². The van der Waals surface area contributed by atoms with E-state index in [0.29, 0.717) is 11.3 Å². The number of rotatable bonds is 5. The number of esters is 1. The molecule has 0 unspecified atom stereocenters. The van der Waals surface area contributed by atoms with E-state index in [9.17, 15) is 14.9 Å². The van der Waals surface area contributed by atoms with Crippen LogP contribution in [0.25, 0.3) is 0 Å². The predicted octanol–water partition coefficient (Wildman–Crippen LogP) is 4.26. The zero-order valence-corrected chi connectivity index (χ0v) is 14.7. The first-order valence-corrected chi connectivity index (χ1v) is 7.81. The highest BCUT2D eigenvalue weighted by Gasteiger charge is 2.26. The van der Waals surface area contributed by atoms with Gasteiger partial charge in [-0.1, -0.05) is 39.0 Å². The minimum absolute atomic E-state index is 0.0774. The Hall–Kier alpha value is -2.89. The summed E-state index contributed by atoms with van der Waals surface area (Å²) in [4.78, 5) is 23.1. The average molecular weight is 343 g/mol. The molecule has 0 N–H and O–H groups in total. The maximum atomic E-state index is 12.2. The predicted molar refractivity (Wildman–Crippen MR) is 93.9 cm³/mol. The zero-order valence-electron chi connectivity index (χ0n) is 14.7. The summed E-state index contributed by atoms with van der Waals surface area (Å²) >= 11 is 0. The molecule has 6 heteroatoms. The third-order valence-electron chi connectivity index (χ3n) is 3.77. The summed E-state index contributed by atoms with van der Waals surface area (Å²) in [5.41, 5.74) is 1.06. The van der Waals surface area contributed by atoms with Crippen LogP contribution < -0.4 is 4.74 Å². The zero-order chi connectivity index (χ0) is 18.6. The van der Waals surface area contributed by atoms with Crippen molar-refractivity contribution in [2.45, 2.75) is 32.8 Å². The average Bonchev–Trinajstić information content (AvgIpc) is 2.58. The molecule has 2 aromatic rings. The topological polar surface area (TPSA) is 78.7 Å². The molecule has 0 spiro atoms. The van der Waals surface area contributed by atoms with Crippen molar-refractivity contribution in [1.29, 1.82) is 0 Å². The summed E-state index contributed by atoms with van der Waals surface area (Å²) in [5, 5.41) is 11.3. The quantitative estimate of drug-likeness (QED) is 0.460. The standard InChI is InChI=1S/C19H21NO5/c1-19(2,3)16-10-7-14(11-17(16)20(22)23)18(21)25-12-13-5-8-15(24-4)9-6-13/h5-11H,12H2,1-4H3. The first-order valence-electron chi connectivity index (χ1n) is 7.81. The van der Waals surface area contributed by atoms with E-state index in [2.05, 4.69) is 0 Å². The van der Waals surface area contributed by atoms with E-state index >= 15 is 0 Å². The fourth-order valence-corrected chi connectivity index (χ4v) is 2.40. The molecule has 0 radical (unpaired) electrons. The fourth-order valence-electron chi connectivity index (χ4n) is 2.40. The van der Waals surface area contributed by atoms with Crippen molar-refractivity contribution in [2.24, 2.45) is 0 Å². The second-order valence-corrected chi connectivity index (χ2v) is 6.66. The van der Waals surface area contributed by atoms with Gasteiger partial charge in [-0.15, -0.1) is 0 Å². The highest BCUT2D eigenvalue weighted by atomic mass is 16.6. The second-order valence-electron chi connectivity index (χ2n) is 6.66. The fraction of sp³-hybridized carbons (Fsp3) is 0.316. The summed E-state index contributed by atoms with van der Waals surface area (Å²) in [6, 6.07) is 11.6. The Morgan fingerprint density at radius 2 is 1.76 bits per heavy atom. The molecule has 0 aliphatic heterocycles. The van der Waals surface area contributed by atoms with Gasteiger partial charge in [-0.05, 0) is 29.2 Å². The molecule has 132 valence electrons. The summed E-state index contributed by atoms with van der Waals surface area (Å²) in [5.74, 6) is 0.114. The molecule has 25 heavy (non-hydrogen) atoms. The van der Waals surface area contributed by atoms with Gasteiger partial charge in [0.25, 0.3) is 5.69 Å². The monoisotopic (exact) mass is 343 g/mol. The van der Waals surface area contributed by atoms with E-state index in [4.69, 9.17) is 9.47 Å². The van der Waals surface area contributed by atoms with E-state index in [1.165, 1.54) is 6.07 Å². The van der Waals surface area contributed by atoms with Crippen molar-refractivity contribution in [2.75, 3.05) is 7.11 Å². The van der Waals surface area contributed by atoms with Crippen LogP contribution in [0.3, 0.4) is 0 Å². The van der Waals surface area contributed by atoms with Crippen LogP contribution in [-0.4, -0.2) is 18.0 Å². The van der Waals surface area contributed by atoms with Crippen LogP contribution in [0.15, 0.2) is 42.5 Å². The molecule has 2 rings (SSSR count). The van der Waals surface area contributed by atoms with E-state index in [-0.39, 0.29) is 17.9 Å². The highest BCUT2D eigenvalue weighted by Crippen LogP contribution is 2.32. The normalized spacial score (nSPS) is 11.0. The summed E-state index contributed by atoms with van der Waals surface area (Å²) in [6.45, 7) is 5.74. The Balaban J connectivity index is 2.15. The molecule has 6 nitrogen and oxygen atoms in total. The second kappa shape index (κ2) is 7.34. The maximum absolute atomic E-state index is 12.2. The molecular formula is C19H21NO5. The van der Waals surface area contributed by atoms with Gasteiger partial charge in [0.05, 0.1) is 17.6 Å². The van der Waals surface area contributed by atoms with Crippen molar-refractivity contribution < 1.29 is 19.2 Å². The number of hydrogen-bond donors (Lipinski definition) is 0. The Bertz CT molecular complexity index is 775. The van der Waals surface area contributed by atoms with Crippen molar-refractivity contribution in [3.05, 3.63) is 69.3 Å². The molecule has 0 fully saturated rings.